The molecule has 1 aliphatic rings. The Bertz CT molecular complexity index is 943. The average molecular weight is 389 g/mol. The minimum atomic E-state index is -4.39. The lowest BCUT2D eigenvalue weighted by Gasteiger charge is -2.13. The number of benzene rings is 1. The summed E-state index contributed by atoms with van der Waals surface area (Å²) in [5.74, 6) is 1.55. The molecule has 0 radical (unpaired) electrons. The average Bonchev–Trinajstić information content (AvgIpc) is 2.93. The van der Waals surface area contributed by atoms with E-state index in [1.54, 1.807) is 0 Å². The van der Waals surface area contributed by atoms with E-state index in [1.165, 1.54) is 37.8 Å². The summed E-state index contributed by atoms with van der Waals surface area (Å²) < 4.78 is 46.2. The summed E-state index contributed by atoms with van der Waals surface area (Å²) in [5.41, 5.74) is 0.780. The molecule has 2 aromatic heterocycles. The van der Waals surface area contributed by atoms with Crippen LogP contribution in [-0.4, -0.2) is 14.6 Å². The second-order valence-electron chi connectivity index (χ2n) is 7.29. The molecule has 0 atom stereocenters. The molecule has 1 aliphatic carbocycles. The lowest BCUT2D eigenvalue weighted by atomic mass is 9.99. The van der Waals surface area contributed by atoms with Crippen LogP contribution >= 0.6 is 0 Å². The van der Waals surface area contributed by atoms with E-state index < -0.39 is 11.7 Å². The van der Waals surface area contributed by atoms with E-state index in [1.807, 2.05) is 22.7 Å². The molecule has 0 unspecified atom stereocenters. The lowest BCUT2D eigenvalue weighted by Crippen LogP contribution is -2.06. The van der Waals surface area contributed by atoms with Crippen LogP contribution in [0.4, 0.5) is 13.2 Å². The molecular formula is C21H22F3N3O. The third-order valence-electron chi connectivity index (χ3n) is 5.32. The normalized spacial score (nSPS) is 16.2. The topological polar surface area (TPSA) is 39.4 Å². The van der Waals surface area contributed by atoms with Crippen LogP contribution in [0.3, 0.4) is 0 Å². The molecule has 28 heavy (non-hydrogen) atoms. The van der Waals surface area contributed by atoms with Gasteiger partial charge in [-0.2, -0.15) is 13.2 Å². The number of fused-ring (bicyclic) bond motifs is 1. The lowest BCUT2D eigenvalue weighted by molar-refractivity contribution is -0.137. The van der Waals surface area contributed by atoms with Crippen molar-refractivity contribution in [1.29, 1.82) is 0 Å². The summed E-state index contributed by atoms with van der Waals surface area (Å²) >= 11 is 0. The van der Waals surface area contributed by atoms with Crippen molar-refractivity contribution in [2.24, 2.45) is 0 Å². The maximum absolute atomic E-state index is 12.9. The third-order valence-corrected chi connectivity index (χ3v) is 5.32. The first-order valence-electron chi connectivity index (χ1n) is 9.65. The molecule has 0 aliphatic heterocycles. The predicted octanol–water partition coefficient (Wildman–Crippen LogP) is 5.76. The number of nitrogens with zero attached hydrogens (tertiary/aromatic N) is 3. The Labute approximate surface area is 161 Å². The SMILES string of the molecule is FC(F)(F)c1cccc(OCc2cccn3c(C4CCCCCC4)nnc23)c1. The fourth-order valence-electron chi connectivity index (χ4n) is 3.84. The van der Waals surface area contributed by atoms with Crippen LogP contribution in [0.2, 0.25) is 0 Å². The second kappa shape index (κ2) is 7.81. The Morgan fingerprint density at radius 3 is 2.54 bits per heavy atom. The summed E-state index contributed by atoms with van der Waals surface area (Å²) in [5, 5.41) is 8.78. The highest BCUT2D eigenvalue weighted by Gasteiger charge is 2.30. The smallest absolute Gasteiger partial charge is 0.416 e. The van der Waals surface area contributed by atoms with Gasteiger partial charge in [0.05, 0.1) is 5.56 Å². The van der Waals surface area contributed by atoms with Crippen molar-refractivity contribution < 1.29 is 17.9 Å². The summed E-state index contributed by atoms with van der Waals surface area (Å²) in [6.45, 7) is 0.133. The van der Waals surface area contributed by atoms with Gasteiger partial charge in [-0.25, -0.2) is 0 Å². The van der Waals surface area contributed by atoms with Gasteiger partial charge in [-0.15, -0.1) is 10.2 Å². The Morgan fingerprint density at radius 2 is 1.79 bits per heavy atom. The molecule has 148 valence electrons. The van der Waals surface area contributed by atoms with E-state index in [0.29, 0.717) is 11.6 Å². The number of hydrogen-bond donors (Lipinski definition) is 0. The number of hydrogen-bond acceptors (Lipinski definition) is 3. The molecule has 0 bridgehead atoms. The van der Waals surface area contributed by atoms with Crippen molar-refractivity contribution in [2.75, 3.05) is 0 Å². The monoisotopic (exact) mass is 389 g/mol. The number of halogens is 3. The van der Waals surface area contributed by atoms with E-state index in [-0.39, 0.29) is 12.4 Å². The van der Waals surface area contributed by atoms with Crippen LogP contribution < -0.4 is 4.74 Å². The molecule has 7 heteroatoms. The highest BCUT2D eigenvalue weighted by Crippen LogP contribution is 2.32. The maximum atomic E-state index is 12.9. The first-order valence-corrected chi connectivity index (χ1v) is 9.65. The van der Waals surface area contributed by atoms with Gasteiger partial charge in [0.15, 0.2) is 5.65 Å². The Hall–Kier alpha value is -2.57. The van der Waals surface area contributed by atoms with E-state index in [4.69, 9.17) is 4.74 Å². The molecular weight excluding hydrogens is 367 g/mol. The fourth-order valence-corrected chi connectivity index (χ4v) is 3.84. The molecule has 3 aromatic rings. The van der Waals surface area contributed by atoms with E-state index in [2.05, 4.69) is 10.2 Å². The molecule has 1 aromatic carbocycles. The molecule has 0 amide bonds. The van der Waals surface area contributed by atoms with Crippen molar-refractivity contribution >= 4 is 5.65 Å². The number of rotatable bonds is 4. The van der Waals surface area contributed by atoms with Gasteiger partial charge in [0.2, 0.25) is 0 Å². The van der Waals surface area contributed by atoms with Gasteiger partial charge >= 0.3 is 6.18 Å². The first kappa shape index (κ1) is 18.8. The van der Waals surface area contributed by atoms with Crippen LogP contribution in [0.5, 0.6) is 5.75 Å². The minimum absolute atomic E-state index is 0.133. The van der Waals surface area contributed by atoms with Gasteiger partial charge in [0.1, 0.15) is 18.2 Å². The zero-order valence-electron chi connectivity index (χ0n) is 15.5. The van der Waals surface area contributed by atoms with Crippen LogP contribution in [0.1, 0.15) is 61.4 Å². The number of aromatic nitrogens is 3. The van der Waals surface area contributed by atoms with Gasteiger partial charge < -0.3 is 4.74 Å². The molecule has 2 heterocycles. The second-order valence-corrected chi connectivity index (χ2v) is 7.29. The molecule has 4 rings (SSSR count). The highest BCUT2D eigenvalue weighted by molar-refractivity contribution is 5.47. The largest absolute Gasteiger partial charge is 0.489 e. The van der Waals surface area contributed by atoms with Gasteiger partial charge in [-0.3, -0.25) is 4.40 Å². The van der Waals surface area contributed by atoms with Crippen molar-refractivity contribution in [1.82, 2.24) is 14.6 Å². The fraction of sp³-hybridized carbons (Fsp3) is 0.429. The first-order chi connectivity index (χ1) is 13.5. The molecule has 1 fully saturated rings. The zero-order valence-corrected chi connectivity index (χ0v) is 15.5. The minimum Gasteiger partial charge on any atom is -0.489 e. The van der Waals surface area contributed by atoms with Crippen LogP contribution in [0.25, 0.3) is 5.65 Å². The summed E-state index contributed by atoms with van der Waals surface area (Å²) in [4.78, 5) is 0. The van der Waals surface area contributed by atoms with Crippen LogP contribution in [0, 0.1) is 0 Å². The quantitative estimate of drug-likeness (QED) is 0.532. The van der Waals surface area contributed by atoms with Crippen molar-refractivity contribution in [3.8, 4) is 5.75 Å². The van der Waals surface area contributed by atoms with Crippen molar-refractivity contribution in [3.05, 3.63) is 59.5 Å². The molecule has 0 saturated heterocycles. The number of pyridine rings is 1. The summed E-state index contributed by atoms with van der Waals surface area (Å²) in [7, 11) is 0. The van der Waals surface area contributed by atoms with Gasteiger partial charge in [0.25, 0.3) is 0 Å². The van der Waals surface area contributed by atoms with Crippen molar-refractivity contribution in [3.63, 3.8) is 0 Å². The van der Waals surface area contributed by atoms with E-state index in [0.717, 1.165) is 36.4 Å². The number of alkyl halides is 3. The van der Waals surface area contributed by atoms with Crippen LogP contribution in [-0.2, 0) is 12.8 Å². The zero-order chi connectivity index (χ0) is 19.6. The Morgan fingerprint density at radius 1 is 1.00 bits per heavy atom. The van der Waals surface area contributed by atoms with E-state index in [9.17, 15) is 13.2 Å². The van der Waals surface area contributed by atoms with Crippen LogP contribution in [0.15, 0.2) is 42.6 Å². The Kier molecular flexibility index (Phi) is 5.24. The maximum Gasteiger partial charge on any atom is 0.416 e. The molecule has 0 N–H and O–H groups in total. The highest BCUT2D eigenvalue weighted by atomic mass is 19.4. The molecule has 4 nitrogen and oxygen atoms in total. The Balaban J connectivity index is 1.55. The third kappa shape index (κ3) is 3.98. The van der Waals surface area contributed by atoms with Crippen molar-refractivity contribution in [2.45, 2.75) is 57.2 Å². The number of ether oxygens (including phenoxy) is 1. The molecule has 1 saturated carbocycles. The van der Waals surface area contributed by atoms with Gasteiger partial charge in [-0.1, -0.05) is 37.8 Å². The van der Waals surface area contributed by atoms with Gasteiger partial charge in [-0.05, 0) is 37.1 Å². The summed E-state index contributed by atoms with van der Waals surface area (Å²) in [6.07, 6.45) is 4.74. The molecule has 0 spiro atoms. The standard InChI is InChI=1S/C21H22F3N3O/c22-21(23,24)17-10-5-11-18(13-17)28-14-16-9-6-12-27-19(25-26-20(16)27)15-7-3-1-2-4-8-15/h5-6,9-13,15H,1-4,7-8,14H2. The van der Waals surface area contributed by atoms with E-state index >= 15 is 0 Å². The van der Waals surface area contributed by atoms with Gasteiger partial charge in [0, 0.05) is 17.7 Å². The predicted molar refractivity (Wildman–Crippen MR) is 99.2 cm³/mol. The summed E-state index contributed by atoms with van der Waals surface area (Å²) in [6, 6.07) is 8.69.